The lowest BCUT2D eigenvalue weighted by atomic mass is 9.98. The van der Waals surface area contributed by atoms with Crippen LogP contribution in [-0.4, -0.2) is 17.9 Å². The summed E-state index contributed by atoms with van der Waals surface area (Å²) < 4.78 is 39.7. The number of nitrogens with one attached hydrogen (secondary N) is 1. The lowest BCUT2D eigenvalue weighted by molar-refractivity contribution is -0.137. The Morgan fingerprint density at radius 3 is 2.70 bits per heavy atom. The zero-order chi connectivity index (χ0) is 19.2. The molecule has 8 heteroatoms. The average molecular weight is 389 g/mol. The van der Waals surface area contributed by atoms with Crippen molar-refractivity contribution in [2.24, 2.45) is 0 Å². The Bertz CT molecular complexity index is 1020. The molecule has 0 atom stereocenters. The summed E-state index contributed by atoms with van der Waals surface area (Å²) in [5.41, 5.74) is 2.40. The van der Waals surface area contributed by atoms with Crippen molar-refractivity contribution < 1.29 is 18.0 Å². The molecule has 0 saturated carbocycles. The first-order valence-electron chi connectivity index (χ1n) is 8.10. The Balaban J connectivity index is 1.82. The number of carbonyl (C=O) groups is 1. The summed E-state index contributed by atoms with van der Waals surface area (Å²) in [5.74, 6) is -0.0349. The SMILES string of the molecule is CN1C(=O)Cc2cc(-c3cc(C(F)(F)F)ccc3Nc3nccs3)ccc21. The molecule has 0 radical (unpaired) electrons. The van der Waals surface area contributed by atoms with Crippen LogP contribution in [0.25, 0.3) is 11.1 Å². The molecule has 0 unspecified atom stereocenters. The van der Waals surface area contributed by atoms with Crippen LogP contribution in [-0.2, 0) is 17.4 Å². The molecule has 4 nitrogen and oxygen atoms in total. The number of aromatic nitrogens is 1. The van der Waals surface area contributed by atoms with Gasteiger partial charge in [0.05, 0.1) is 12.0 Å². The summed E-state index contributed by atoms with van der Waals surface area (Å²) in [6.45, 7) is 0. The van der Waals surface area contributed by atoms with Crippen molar-refractivity contribution in [3.8, 4) is 11.1 Å². The van der Waals surface area contributed by atoms with E-state index in [9.17, 15) is 18.0 Å². The molecule has 4 rings (SSSR count). The first-order chi connectivity index (χ1) is 12.8. The molecule has 1 N–H and O–H groups in total. The van der Waals surface area contributed by atoms with Crippen molar-refractivity contribution in [1.82, 2.24) is 4.98 Å². The van der Waals surface area contributed by atoms with E-state index in [2.05, 4.69) is 10.3 Å². The third-order valence-corrected chi connectivity index (χ3v) is 5.18. The number of hydrogen-bond acceptors (Lipinski definition) is 4. The van der Waals surface area contributed by atoms with Gasteiger partial charge in [0, 0.05) is 35.6 Å². The van der Waals surface area contributed by atoms with Gasteiger partial charge in [-0.1, -0.05) is 6.07 Å². The van der Waals surface area contributed by atoms with E-state index >= 15 is 0 Å². The molecule has 1 amide bonds. The van der Waals surface area contributed by atoms with Crippen LogP contribution in [0.1, 0.15) is 11.1 Å². The van der Waals surface area contributed by atoms with Gasteiger partial charge in [-0.3, -0.25) is 4.79 Å². The summed E-state index contributed by atoms with van der Waals surface area (Å²) in [7, 11) is 1.69. The third-order valence-electron chi connectivity index (χ3n) is 4.49. The highest BCUT2D eigenvalue weighted by Gasteiger charge is 2.31. The fourth-order valence-electron chi connectivity index (χ4n) is 3.11. The van der Waals surface area contributed by atoms with Crippen molar-refractivity contribution in [2.75, 3.05) is 17.3 Å². The van der Waals surface area contributed by atoms with Crippen LogP contribution in [0.4, 0.5) is 29.7 Å². The zero-order valence-corrected chi connectivity index (χ0v) is 15.0. The first kappa shape index (κ1) is 17.5. The highest BCUT2D eigenvalue weighted by Crippen LogP contribution is 2.39. The Labute approximate surface area is 157 Å². The maximum absolute atomic E-state index is 13.2. The van der Waals surface area contributed by atoms with Crippen LogP contribution in [0, 0.1) is 0 Å². The highest BCUT2D eigenvalue weighted by atomic mass is 32.1. The predicted molar refractivity (Wildman–Crippen MR) is 99.4 cm³/mol. The van der Waals surface area contributed by atoms with Crippen molar-refractivity contribution >= 4 is 33.8 Å². The highest BCUT2D eigenvalue weighted by molar-refractivity contribution is 7.13. The number of halogens is 3. The molecule has 1 aromatic heterocycles. The fourth-order valence-corrected chi connectivity index (χ4v) is 3.65. The minimum atomic E-state index is -4.44. The molecule has 0 saturated heterocycles. The number of hydrogen-bond donors (Lipinski definition) is 1. The minimum Gasteiger partial charge on any atom is -0.331 e. The average Bonchev–Trinajstić information content (AvgIpc) is 3.22. The second kappa shape index (κ2) is 6.38. The number of carbonyl (C=O) groups excluding carboxylic acids is 1. The van der Waals surface area contributed by atoms with E-state index in [0.717, 1.165) is 23.4 Å². The normalized spacial score (nSPS) is 13.8. The van der Waals surface area contributed by atoms with Gasteiger partial charge in [0.2, 0.25) is 5.91 Å². The summed E-state index contributed by atoms with van der Waals surface area (Å²) in [4.78, 5) is 17.6. The zero-order valence-electron chi connectivity index (χ0n) is 14.2. The minimum absolute atomic E-state index is 0.0349. The molecular weight excluding hydrogens is 375 g/mol. The second-order valence-electron chi connectivity index (χ2n) is 6.19. The molecule has 1 aliphatic rings. The molecule has 0 aliphatic carbocycles. The van der Waals surface area contributed by atoms with E-state index in [-0.39, 0.29) is 12.3 Å². The van der Waals surface area contributed by atoms with Gasteiger partial charge in [0.25, 0.3) is 0 Å². The molecule has 27 heavy (non-hydrogen) atoms. The third kappa shape index (κ3) is 3.28. The topological polar surface area (TPSA) is 45.2 Å². The lowest BCUT2D eigenvalue weighted by Gasteiger charge is -2.16. The molecule has 2 aromatic carbocycles. The molecule has 2 heterocycles. The van der Waals surface area contributed by atoms with E-state index in [1.165, 1.54) is 17.4 Å². The van der Waals surface area contributed by atoms with Gasteiger partial charge < -0.3 is 10.2 Å². The fraction of sp³-hybridized carbons (Fsp3) is 0.158. The molecular formula is C19H14F3N3OS. The van der Waals surface area contributed by atoms with Crippen LogP contribution < -0.4 is 10.2 Å². The van der Waals surface area contributed by atoms with Crippen molar-refractivity contribution in [1.29, 1.82) is 0 Å². The van der Waals surface area contributed by atoms with Gasteiger partial charge >= 0.3 is 6.18 Å². The van der Waals surface area contributed by atoms with Crippen molar-refractivity contribution in [3.63, 3.8) is 0 Å². The van der Waals surface area contributed by atoms with Crippen LogP contribution in [0.3, 0.4) is 0 Å². The quantitative estimate of drug-likeness (QED) is 0.679. The number of rotatable bonds is 3. The van der Waals surface area contributed by atoms with Crippen LogP contribution in [0.15, 0.2) is 48.0 Å². The molecule has 0 fully saturated rings. The Hall–Kier alpha value is -2.87. The first-order valence-corrected chi connectivity index (χ1v) is 8.98. The van der Waals surface area contributed by atoms with E-state index in [4.69, 9.17) is 0 Å². The summed E-state index contributed by atoms with van der Waals surface area (Å²) in [5, 5.41) is 5.45. The standard InChI is InChI=1S/C19H14F3N3OS/c1-25-16-5-2-11(8-12(16)9-17(25)26)14-10-13(19(20,21)22)3-4-15(14)24-18-23-6-7-27-18/h2-8,10H,9H2,1H3,(H,23,24). The van der Waals surface area contributed by atoms with Gasteiger partial charge in [0.1, 0.15) is 0 Å². The van der Waals surface area contributed by atoms with Gasteiger partial charge in [-0.15, -0.1) is 11.3 Å². The number of benzene rings is 2. The lowest BCUT2D eigenvalue weighted by Crippen LogP contribution is -2.20. The van der Waals surface area contributed by atoms with Crippen LogP contribution in [0.5, 0.6) is 0 Å². The van der Waals surface area contributed by atoms with E-state index in [1.54, 1.807) is 41.7 Å². The smallest absolute Gasteiger partial charge is 0.331 e. The number of thiazole rings is 1. The second-order valence-corrected chi connectivity index (χ2v) is 7.09. The number of amides is 1. The Morgan fingerprint density at radius 1 is 1.19 bits per heavy atom. The maximum atomic E-state index is 13.2. The summed E-state index contributed by atoms with van der Waals surface area (Å²) in [6, 6.07) is 8.85. The van der Waals surface area contributed by atoms with Crippen molar-refractivity contribution in [2.45, 2.75) is 12.6 Å². The monoisotopic (exact) mass is 389 g/mol. The molecule has 0 spiro atoms. The van der Waals surface area contributed by atoms with Gasteiger partial charge in [-0.25, -0.2) is 4.98 Å². The maximum Gasteiger partial charge on any atom is 0.416 e. The van der Waals surface area contributed by atoms with Crippen LogP contribution >= 0.6 is 11.3 Å². The van der Waals surface area contributed by atoms with Gasteiger partial charge in [0.15, 0.2) is 5.13 Å². The molecule has 138 valence electrons. The largest absolute Gasteiger partial charge is 0.416 e. The molecule has 0 bridgehead atoms. The van der Waals surface area contributed by atoms with Crippen LogP contribution in [0.2, 0.25) is 0 Å². The van der Waals surface area contributed by atoms with Crippen molar-refractivity contribution in [3.05, 3.63) is 59.1 Å². The summed E-state index contributed by atoms with van der Waals surface area (Å²) >= 11 is 1.36. The molecule has 3 aromatic rings. The van der Waals surface area contributed by atoms with Gasteiger partial charge in [-0.05, 0) is 41.5 Å². The number of likely N-dealkylation sites (N-methyl/N-ethyl adjacent to an activating group) is 1. The Morgan fingerprint density at radius 2 is 2.00 bits per heavy atom. The number of anilines is 3. The van der Waals surface area contributed by atoms with E-state index in [0.29, 0.717) is 21.9 Å². The van der Waals surface area contributed by atoms with E-state index in [1.807, 2.05) is 0 Å². The Kier molecular flexibility index (Phi) is 4.15. The number of nitrogens with zero attached hydrogens (tertiary/aromatic N) is 2. The number of fused-ring (bicyclic) bond motifs is 1. The number of alkyl halides is 3. The summed E-state index contributed by atoms with van der Waals surface area (Å²) in [6.07, 6.45) is -2.58. The van der Waals surface area contributed by atoms with E-state index < -0.39 is 11.7 Å². The van der Waals surface area contributed by atoms with Gasteiger partial charge in [-0.2, -0.15) is 13.2 Å². The predicted octanol–water partition coefficient (Wildman–Crippen LogP) is 5.09. The molecule has 1 aliphatic heterocycles.